The molecule has 164 valence electrons. The first-order valence-corrected chi connectivity index (χ1v) is 11.4. The van der Waals surface area contributed by atoms with E-state index in [1.54, 1.807) is 18.2 Å². The maximum Gasteiger partial charge on any atom is 0.272 e. The van der Waals surface area contributed by atoms with Crippen molar-refractivity contribution in [2.75, 3.05) is 19.8 Å². The SMILES string of the molecule is CCCCN1[C@@H]2COC[C@H]1C[C@@H](NC(=O)c1nn(C(C)CC)c3cc(O)ccc13)C2. The molecule has 0 aliphatic carbocycles. The molecule has 2 fully saturated rings. The number of fused-ring (bicyclic) bond motifs is 3. The van der Waals surface area contributed by atoms with Gasteiger partial charge in [-0.05, 0) is 51.3 Å². The smallest absolute Gasteiger partial charge is 0.272 e. The highest BCUT2D eigenvalue weighted by atomic mass is 16.5. The monoisotopic (exact) mass is 414 g/mol. The van der Waals surface area contributed by atoms with Gasteiger partial charge in [0.15, 0.2) is 5.69 Å². The summed E-state index contributed by atoms with van der Waals surface area (Å²) in [6, 6.07) is 6.14. The van der Waals surface area contributed by atoms with Crippen molar-refractivity contribution in [3.63, 3.8) is 0 Å². The van der Waals surface area contributed by atoms with E-state index in [0.29, 0.717) is 17.8 Å². The van der Waals surface area contributed by atoms with Crippen molar-refractivity contribution in [3.8, 4) is 5.75 Å². The van der Waals surface area contributed by atoms with Gasteiger partial charge in [0.2, 0.25) is 0 Å². The lowest BCUT2D eigenvalue weighted by Gasteiger charge is -2.48. The molecule has 30 heavy (non-hydrogen) atoms. The zero-order valence-corrected chi connectivity index (χ0v) is 18.3. The Labute approximate surface area is 178 Å². The summed E-state index contributed by atoms with van der Waals surface area (Å²) in [7, 11) is 0. The fraction of sp³-hybridized carbons (Fsp3) is 0.652. The Morgan fingerprint density at radius 1 is 1.30 bits per heavy atom. The second-order valence-corrected chi connectivity index (χ2v) is 8.83. The van der Waals surface area contributed by atoms with E-state index < -0.39 is 0 Å². The molecule has 1 unspecified atom stereocenters. The van der Waals surface area contributed by atoms with Gasteiger partial charge >= 0.3 is 0 Å². The second-order valence-electron chi connectivity index (χ2n) is 8.83. The van der Waals surface area contributed by atoms with Crippen LogP contribution in [-0.2, 0) is 4.74 Å². The van der Waals surface area contributed by atoms with Crippen LogP contribution in [0.5, 0.6) is 5.75 Å². The molecule has 2 aromatic rings. The minimum Gasteiger partial charge on any atom is -0.508 e. The Morgan fingerprint density at radius 2 is 2.03 bits per heavy atom. The summed E-state index contributed by atoms with van der Waals surface area (Å²) in [6.45, 7) is 9.00. The summed E-state index contributed by atoms with van der Waals surface area (Å²) in [4.78, 5) is 15.8. The van der Waals surface area contributed by atoms with Gasteiger partial charge in [-0.15, -0.1) is 0 Å². The van der Waals surface area contributed by atoms with Crippen LogP contribution in [0.3, 0.4) is 0 Å². The normalized spacial score (nSPS) is 25.4. The van der Waals surface area contributed by atoms with Crippen LogP contribution in [0.4, 0.5) is 0 Å². The zero-order valence-electron chi connectivity index (χ0n) is 18.3. The molecule has 0 spiro atoms. The van der Waals surface area contributed by atoms with Crippen molar-refractivity contribution in [2.24, 2.45) is 0 Å². The van der Waals surface area contributed by atoms with Crippen molar-refractivity contribution in [3.05, 3.63) is 23.9 Å². The molecule has 7 heteroatoms. The molecule has 1 aromatic heterocycles. The van der Waals surface area contributed by atoms with Crippen LogP contribution < -0.4 is 5.32 Å². The standard InChI is InChI=1S/C23H34N4O3/c1-4-6-9-26-17-10-16(11-18(26)14-30-13-17)24-23(29)22-20-8-7-19(28)12-21(20)27(25-22)15(3)5-2/h7-8,12,15-18,28H,4-6,9-11,13-14H2,1-3H3,(H,24,29)/t15?,16-,17-,18+. The van der Waals surface area contributed by atoms with Gasteiger partial charge in [0.25, 0.3) is 5.91 Å². The lowest BCUT2D eigenvalue weighted by atomic mass is 9.89. The van der Waals surface area contributed by atoms with Crippen LogP contribution in [-0.4, -0.2) is 63.6 Å². The minimum atomic E-state index is -0.126. The first kappa shape index (κ1) is 21.1. The summed E-state index contributed by atoms with van der Waals surface area (Å²) in [6.07, 6.45) is 5.12. The Morgan fingerprint density at radius 3 is 2.70 bits per heavy atom. The average molecular weight is 415 g/mol. The Bertz CT molecular complexity index is 882. The summed E-state index contributed by atoms with van der Waals surface area (Å²) in [5.74, 6) is 0.0601. The number of phenols is 1. The quantitative estimate of drug-likeness (QED) is 0.725. The third-order valence-electron chi connectivity index (χ3n) is 6.69. The number of unbranched alkanes of at least 4 members (excludes halogenated alkanes) is 1. The van der Waals surface area contributed by atoms with E-state index in [1.165, 1.54) is 12.8 Å². The molecule has 1 aromatic carbocycles. The van der Waals surface area contributed by atoms with E-state index in [4.69, 9.17) is 4.74 Å². The third kappa shape index (κ3) is 4.05. The van der Waals surface area contributed by atoms with Crippen molar-refractivity contribution >= 4 is 16.8 Å². The van der Waals surface area contributed by atoms with Gasteiger partial charge in [0.1, 0.15) is 5.75 Å². The van der Waals surface area contributed by atoms with Gasteiger partial charge in [-0.25, -0.2) is 0 Å². The molecule has 4 atom stereocenters. The van der Waals surface area contributed by atoms with Crippen LogP contribution in [0.2, 0.25) is 0 Å². The van der Waals surface area contributed by atoms with Crippen LogP contribution in [0.1, 0.15) is 69.4 Å². The highest BCUT2D eigenvalue weighted by Crippen LogP contribution is 2.30. The number of amides is 1. The molecule has 7 nitrogen and oxygen atoms in total. The first-order chi connectivity index (χ1) is 14.5. The summed E-state index contributed by atoms with van der Waals surface area (Å²) in [5.41, 5.74) is 1.24. The molecule has 2 bridgehead atoms. The number of phenolic OH excluding ortho intramolecular Hbond substituents is 1. The van der Waals surface area contributed by atoms with Gasteiger partial charge in [-0.3, -0.25) is 14.4 Å². The number of carbonyl (C=O) groups is 1. The Kier molecular flexibility index (Phi) is 6.29. The molecule has 0 radical (unpaired) electrons. The lowest BCUT2D eigenvalue weighted by Crippen LogP contribution is -2.60. The molecule has 2 aliphatic rings. The fourth-order valence-electron chi connectivity index (χ4n) is 4.87. The topological polar surface area (TPSA) is 79.6 Å². The van der Waals surface area contributed by atoms with Crippen LogP contribution >= 0.6 is 0 Å². The highest BCUT2D eigenvalue weighted by Gasteiger charge is 2.39. The largest absolute Gasteiger partial charge is 0.508 e. The number of nitrogens with one attached hydrogen (secondary N) is 1. The number of benzene rings is 1. The summed E-state index contributed by atoms with van der Waals surface area (Å²) < 4.78 is 7.66. The number of aromatic nitrogens is 2. The zero-order chi connectivity index (χ0) is 21.3. The number of nitrogens with zero attached hydrogens (tertiary/aromatic N) is 3. The predicted octanol–water partition coefficient (Wildman–Crippen LogP) is 3.47. The number of hydrogen-bond donors (Lipinski definition) is 2. The number of hydrogen-bond acceptors (Lipinski definition) is 5. The molecule has 2 aliphatic heterocycles. The highest BCUT2D eigenvalue weighted by molar-refractivity contribution is 6.05. The first-order valence-electron chi connectivity index (χ1n) is 11.4. The van der Waals surface area contributed by atoms with E-state index in [9.17, 15) is 9.90 Å². The second kappa shape index (κ2) is 8.94. The van der Waals surface area contributed by atoms with Crippen LogP contribution in [0.25, 0.3) is 10.9 Å². The number of morpholine rings is 1. The molecule has 2 N–H and O–H groups in total. The molecule has 1 amide bonds. The fourth-order valence-corrected chi connectivity index (χ4v) is 4.87. The Balaban J connectivity index is 1.53. The van der Waals surface area contributed by atoms with E-state index in [2.05, 4.69) is 36.1 Å². The number of piperidine rings is 1. The average Bonchev–Trinajstić information content (AvgIpc) is 3.10. The van der Waals surface area contributed by atoms with E-state index in [1.807, 2.05) is 4.68 Å². The van der Waals surface area contributed by atoms with Crippen molar-refractivity contribution in [1.29, 1.82) is 0 Å². The molecule has 0 saturated carbocycles. The predicted molar refractivity (Wildman–Crippen MR) is 117 cm³/mol. The van der Waals surface area contributed by atoms with Crippen molar-refractivity contribution in [1.82, 2.24) is 20.0 Å². The van der Waals surface area contributed by atoms with Crippen LogP contribution in [0.15, 0.2) is 18.2 Å². The minimum absolute atomic E-state index is 0.126. The van der Waals surface area contributed by atoms with E-state index in [0.717, 1.165) is 49.9 Å². The molecule has 4 rings (SSSR count). The number of ether oxygens (including phenoxy) is 1. The Hall–Kier alpha value is -2.12. The van der Waals surface area contributed by atoms with E-state index >= 15 is 0 Å². The van der Waals surface area contributed by atoms with Crippen molar-refractivity contribution < 1.29 is 14.6 Å². The van der Waals surface area contributed by atoms with Crippen molar-refractivity contribution in [2.45, 2.75) is 77.0 Å². The van der Waals surface area contributed by atoms with Gasteiger partial charge < -0.3 is 15.2 Å². The van der Waals surface area contributed by atoms with E-state index in [-0.39, 0.29) is 23.7 Å². The number of carbonyl (C=O) groups excluding carboxylic acids is 1. The number of aromatic hydroxyl groups is 1. The third-order valence-corrected chi connectivity index (χ3v) is 6.69. The molecule has 3 heterocycles. The molecule has 2 saturated heterocycles. The number of rotatable bonds is 7. The van der Waals surface area contributed by atoms with Gasteiger partial charge in [0.05, 0.1) is 18.7 Å². The van der Waals surface area contributed by atoms with Crippen LogP contribution in [0, 0.1) is 0 Å². The lowest BCUT2D eigenvalue weighted by molar-refractivity contribution is -0.0802. The van der Waals surface area contributed by atoms with Gasteiger partial charge in [0, 0.05) is 35.6 Å². The van der Waals surface area contributed by atoms with Gasteiger partial charge in [-0.1, -0.05) is 20.3 Å². The summed E-state index contributed by atoms with van der Waals surface area (Å²) >= 11 is 0. The molecular weight excluding hydrogens is 380 g/mol. The summed E-state index contributed by atoms with van der Waals surface area (Å²) in [5, 5.41) is 18.6. The maximum absolute atomic E-state index is 13.2. The maximum atomic E-state index is 13.2. The van der Waals surface area contributed by atoms with Gasteiger partial charge in [-0.2, -0.15) is 5.10 Å². The molecular formula is C23H34N4O3.